The summed E-state index contributed by atoms with van der Waals surface area (Å²) in [5.41, 5.74) is 3.04. The zero-order chi connectivity index (χ0) is 18.0. The number of thiazole rings is 1. The molecular formula is C19H19ClN2O2S. The quantitative estimate of drug-likeness (QED) is 0.684. The smallest absolute Gasteiger partial charge is 0.252 e. The van der Waals surface area contributed by atoms with E-state index in [4.69, 9.17) is 16.3 Å². The van der Waals surface area contributed by atoms with E-state index in [2.05, 4.69) is 4.99 Å². The van der Waals surface area contributed by atoms with Crippen molar-refractivity contribution in [3.8, 4) is 5.75 Å². The SMILES string of the molecule is CCOc1ccc(CC(=O)N=c2sc3c(Cl)ccc(C)c3n2C)cc1. The Balaban J connectivity index is 1.89. The molecule has 1 aromatic heterocycles. The minimum absolute atomic E-state index is 0.180. The van der Waals surface area contributed by atoms with Crippen LogP contribution in [0.2, 0.25) is 5.02 Å². The molecule has 1 amide bonds. The first-order chi connectivity index (χ1) is 12.0. The van der Waals surface area contributed by atoms with Crippen molar-refractivity contribution < 1.29 is 9.53 Å². The summed E-state index contributed by atoms with van der Waals surface area (Å²) < 4.78 is 8.29. The second-order valence-corrected chi connectivity index (χ2v) is 7.13. The molecule has 0 aliphatic carbocycles. The van der Waals surface area contributed by atoms with Crippen LogP contribution in [0.15, 0.2) is 41.4 Å². The van der Waals surface area contributed by atoms with Crippen molar-refractivity contribution in [1.29, 1.82) is 0 Å². The summed E-state index contributed by atoms with van der Waals surface area (Å²) in [6.45, 7) is 4.59. The highest BCUT2D eigenvalue weighted by molar-refractivity contribution is 7.17. The van der Waals surface area contributed by atoms with Crippen LogP contribution in [0.4, 0.5) is 0 Å². The predicted octanol–water partition coefficient (Wildman–Crippen LogP) is 4.27. The van der Waals surface area contributed by atoms with Gasteiger partial charge in [0.25, 0.3) is 5.91 Å². The van der Waals surface area contributed by atoms with Crippen LogP contribution in [0, 0.1) is 6.92 Å². The standard InChI is InChI=1S/C19H19ClN2O2S/c1-4-24-14-8-6-13(7-9-14)11-16(23)21-19-22(3)17-12(2)5-10-15(20)18(17)25-19/h5-10H,4,11H2,1-3H3. The first-order valence-electron chi connectivity index (χ1n) is 8.03. The second-order valence-electron chi connectivity index (χ2n) is 5.74. The summed E-state index contributed by atoms with van der Waals surface area (Å²) in [4.78, 5) is 17.3. The molecule has 0 radical (unpaired) electrons. The number of rotatable bonds is 4. The van der Waals surface area contributed by atoms with Crippen molar-refractivity contribution in [2.75, 3.05) is 6.61 Å². The van der Waals surface area contributed by atoms with Crippen LogP contribution < -0.4 is 9.54 Å². The fourth-order valence-electron chi connectivity index (χ4n) is 2.70. The van der Waals surface area contributed by atoms with Gasteiger partial charge in [-0.1, -0.05) is 41.1 Å². The largest absolute Gasteiger partial charge is 0.494 e. The Bertz CT molecular complexity index is 987. The number of hydrogen-bond acceptors (Lipinski definition) is 3. The molecular weight excluding hydrogens is 356 g/mol. The number of carbonyl (C=O) groups is 1. The highest BCUT2D eigenvalue weighted by atomic mass is 35.5. The van der Waals surface area contributed by atoms with E-state index in [1.54, 1.807) is 0 Å². The molecule has 130 valence electrons. The van der Waals surface area contributed by atoms with Crippen molar-refractivity contribution in [3.63, 3.8) is 0 Å². The van der Waals surface area contributed by atoms with Gasteiger partial charge >= 0.3 is 0 Å². The Morgan fingerprint density at radius 2 is 1.96 bits per heavy atom. The third-order valence-corrected chi connectivity index (χ3v) is 5.50. The number of amides is 1. The van der Waals surface area contributed by atoms with Crippen LogP contribution in [0.1, 0.15) is 18.1 Å². The number of fused-ring (bicyclic) bond motifs is 1. The molecule has 0 saturated heterocycles. The molecule has 6 heteroatoms. The van der Waals surface area contributed by atoms with Gasteiger partial charge in [0.2, 0.25) is 0 Å². The molecule has 0 aliphatic heterocycles. The van der Waals surface area contributed by atoms with Crippen LogP contribution in [-0.2, 0) is 18.3 Å². The van der Waals surface area contributed by atoms with Gasteiger partial charge in [0.1, 0.15) is 5.75 Å². The summed E-state index contributed by atoms with van der Waals surface area (Å²) in [6, 6.07) is 11.4. The van der Waals surface area contributed by atoms with Crippen LogP contribution >= 0.6 is 22.9 Å². The summed E-state index contributed by atoms with van der Waals surface area (Å²) in [5.74, 6) is 0.622. The lowest BCUT2D eigenvalue weighted by Gasteiger charge is -2.03. The van der Waals surface area contributed by atoms with Gasteiger partial charge in [-0.15, -0.1) is 0 Å². The summed E-state index contributed by atoms with van der Waals surface area (Å²) in [5, 5.41) is 0.682. The number of halogens is 1. The van der Waals surface area contributed by atoms with Gasteiger partial charge < -0.3 is 9.30 Å². The van der Waals surface area contributed by atoms with Crippen molar-refractivity contribution in [2.45, 2.75) is 20.3 Å². The Hall–Kier alpha value is -2.11. The molecule has 0 atom stereocenters. The van der Waals surface area contributed by atoms with E-state index >= 15 is 0 Å². The minimum atomic E-state index is -0.180. The Kier molecular flexibility index (Phi) is 5.25. The lowest BCUT2D eigenvalue weighted by molar-refractivity contribution is -0.117. The van der Waals surface area contributed by atoms with Gasteiger partial charge in [0, 0.05) is 7.05 Å². The zero-order valence-corrected chi connectivity index (χ0v) is 15.9. The normalized spacial score (nSPS) is 11.9. The summed E-state index contributed by atoms with van der Waals surface area (Å²) in [7, 11) is 1.91. The van der Waals surface area contributed by atoms with Crippen LogP contribution in [0.3, 0.4) is 0 Å². The van der Waals surface area contributed by atoms with Crippen molar-refractivity contribution in [3.05, 3.63) is 57.3 Å². The van der Waals surface area contributed by atoms with Crippen molar-refractivity contribution >= 4 is 39.1 Å². The Morgan fingerprint density at radius 1 is 1.24 bits per heavy atom. The molecule has 1 heterocycles. The van der Waals surface area contributed by atoms with E-state index in [1.165, 1.54) is 11.3 Å². The van der Waals surface area contributed by atoms with Gasteiger partial charge in [-0.3, -0.25) is 4.79 Å². The molecule has 25 heavy (non-hydrogen) atoms. The molecule has 0 saturated carbocycles. The minimum Gasteiger partial charge on any atom is -0.494 e. The van der Waals surface area contributed by atoms with E-state index in [1.807, 2.05) is 61.9 Å². The lowest BCUT2D eigenvalue weighted by Crippen LogP contribution is -2.14. The predicted molar refractivity (Wildman–Crippen MR) is 102 cm³/mol. The van der Waals surface area contributed by atoms with Gasteiger partial charge in [-0.25, -0.2) is 0 Å². The molecule has 0 unspecified atom stereocenters. The second kappa shape index (κ2) is 7.42. The third kappa shape index (κ3) is 3.78. The Labute approximate surface area is 155 Å². The first kappa shape index (κ1) is 17.7. The molecule has 0 spiro atoms. The number of carbonyl (C=O) groups excluding carboxylic acids is 1. The topological polar surface area (TPSA) is 43.6 Å². The number of aryl methyl sites for hydroxylation is 2. The number of benzene rings is 2. The van der Waals surface area contributed by atoms with E-state index < -0.39 is 0 Å². The fraction of sp³-hybridized carbons (Fsp3) is 0.263. The van der Waals surface area contributed by atoms with Crippen molar-refractivity contribution in [1.82, 2.24) is 4.57 Å². The van der Waals surface area contributed by atoms with Gasteiger partial charge in [0.05, 0.1) is 28.3 Å². The van der Waals surface area contributed by atoms with Gasteiger partial charge in [0.15, 0.2) is 4.80 Å². The maximum absolute atomic E-state index is 12.4. The highest BCUT2D eigenvalue weighted by Gasteiger charge is 2.10. The molecule has 0 N–H and O–H groups in total. The van der Waals surface area contributed by atoms with E-state index in [9.17, 15) is 4.79 Å². The highest BCUT2D eigenvalue weighted by Crippen LogP contribution is 2.28. The lowest BCUT2D eigenvalue weighted by atomic mass is 10.1. The summed E-state index contributed by atoms with van der Waals surface area (Å²) >= 11 is 7.72. The van der Waals surface area contributed by atoms with Crippen LogP contribution in [0.5, 0.6) is 5.75 Å². The maximum Gasteiger partial charge on any atom is 0.252 e. The summed E-state index contributed by atoms with van der Waals surface area (Å²) in [6.07, 6.45) is 0.257. The molecule has 0 aliphatic rings. The molecule has 0 fully saturated rings. The van der Waals surface area contributed by atoms with Gasteiger partial charge in [-0.2, -0.15) is 4.99 Å². The van der Waals surface area contributed by atoms with E-state index in [0.717, 1.165) is 27.1 Å². The van der Waals surface area contributed by atoms with E-state index in [-0.39, 0.29) is 12.3 Å². The fourth-order valence-corrected chi connectivity index (χ4v) is 4.09. The average Bonchev–Trinajstić information content (AvgIpc) is 2.91. The number of hydrogen-bond donors (Lipinski definition) is 0. The average molecular weight is 375 g/mol. The van der Waals surface area contributed by atoms with Crippen molar-refractivity contribution in [2.24, 2.45) is 12.0 Å². The van der Waals surface area contributed by atoms with Crippen LogP contribution in [-0.4, -0.2) is 17.1 Å². The zero-order valence-electron chi connectivity index (χ0n) is 14.4. The van der Waals surface area contributed by atoms with Crippen LogP contribution in [0.25, 0.3) is 10.2 Å². The molecule has 3 aromatic rings. The monoisotopic (exact) mass is 374 g/mol. The maximum atomic E-state index is 12.4. The number of aromatic nitrogens is 1. The van der Waals surface area contributed by atoms with Gasteiger partial charge in [-0.05, 0) is 43.2 Å². The third-order valence-electron chi connectivity index (χ3n) is 3.91. The molecule has 0 bridgehead atoms. The molecule has 3 rings (SSSR count). The number of ether oxygens (including phenoxy) is 1. The first-order valence-corrected chi connectivity index (χ1v) is 9.23. The molecule has 2 aromatic carbocycles. The van der Waals surface area contributed by atoms with E-state index in [0.29, 0.717) is 16.4 Å². The Morgan fingerprint density at radius 3 is 2.60 bits per heavy atom. The molecule has 4 nitrogen and oxygen atoms in total. The number of nitrogens with zero attached hydrogens (tertiary/aromatic N) is 2.